The maximum absolute atomic E-state index is 13.2. The monoisotopic (exact) mass is 452 g/mol. The molecule has 0 spiro atoms. The third kappa shape index (κ3) is 4.49. The lowest BCUT2D eigenvalue weighted by Crippen LogP contribution is -2.17. The zero-order valence-corrected chi connectivity index (χ0v) is 19.1. The van der Waals surface area contributed by atoms with Gasteiger partial charge in [0.05, 0.1) is 30.7 Å². The minimum Gasteiger partial charge on any atom is -0.493 e. The molecule has 0 saturated heterocycles. The largest absolute Gasteiger partial charge is 0.493 e. The first-order valence-corrected chi connectivity index (χ1v) is 11.3. The van der Waals surface area contributed by atoms with E-state index >= 15 is 0 Å². The zero-order chi connectivity index (χ0) is 22.1. The first-order valence-electron chi connectivity index (χ1n) is 9.42. The topological polar surface area (TPSA) is 86.2 Å². The Morgan fingerprint density at radius 2 is 1.93 bits per heavy atom. The predicted octanol–water partition coefficient (Wildman–Crippen LogP) is 4.27. The van der Waals surface area contributed by atoms with Crippen molar-refractivity contribution in [2.24, 2.45) is 10.9 Å². The van der Waals surface area contributed by atoms with Gasteiger partial charge in [0.25, 0.3) is 10.0 Å². The predicted molar refractivity (Wildman–Crippen MR) is 118 cm³/mol. The number of hydrogen-bond donors (Lipinski definition) is 1. The molecule has 0 unspecified atom stereocenters. The SMILES string of the molecule is COc1ccc(C2=N[C@H](C(C)C)CO2)c(NS(=O)(=O)c2cc(C)cc(Cl)c2)c1OC. The van der Waals surface area contributed by atoms with Gasteiger partial charge in [-0.05, 0) is 48.7 Å². The lowest BCUT2D eigenvalue weighted by atomic mass is 10.1. The Bertz CT molecular complexity index is 1060. The summed E-state index contributed by atoms with van der Waals surface area (Å²) < 4.78 is 45.6. The van der Waals surface area contributed by atoms with Crippen LogP contribution in [0, 0.1) is 12.8 Å². The number of anilines is 1. The number of methoxy groups -OCH3 is 2. The third-order valence-electron chi connectivity index (χ3n) is 4.78. The quantitative estimate of drug-likeness (QED) is 0.678. The summed E-state index contributed by atoms with van der Waals surface area (Å²) >= 11 is 6.07. The first-order chi connectivity index (χ1) is 14.2. The molecule has 1 N–H and O–H groups in total. The highest BCUT2D eigenvalue weighted by Gasteiger charge is 2.29. The third-order valence-corrected chi connectivity index (χ3v) is 6.33. The smallest absolute Gasteiger partial charge is 0.262 e. The summed E-state index contributed by atoms with van der Waals surface area (Å²) in [7, 11) is -1.06. The lowest BCUT2D eigenvalue weighted by Gasteiger charge is -2.18. The van der Waals surface area contributed by atoms with Gasteiger partial charge < -0.3 is 14.2 Å². The molecule has 162 valence electrons. The average molecular weight is 453 g/mol. The molecule has 1 aliphatic rings. The second-order valence-electron chi connectivity index (χ2n) is 7.35. The van der Waals surface area contributed by atoms with Gasteiger partial charge in [-0.3, -0.25) is 4.72 Å². The molecule has 0 aromatic heterocycles. The van der Waals surface area contributed by atoms with Crippen LogP contribution in [0.5, 0.6) is 11.5 Å². The van der Waals surface area contributed by atoms with Crippen LogP contribution < -0.4 is 14.2 Å². The molecular weight excluding hydrogens is 428 g/mol. The van der Waals surface area contributed by atoms with Crippen molar-refractivity contribution in [3.8, 4) is 11.5 Å². The van der Waals surface area contributed by atoms with E-state index in [2.05, 4.69) is 23.6 Å². The van der Waals surface area contributed by atoms with E-state index in [0.29, 0.717) is 28.8 Å². The molecule has 0 saturated carbocycles. The Morgan fingerprint density at radius 3 is 2.50 bits per heavy atom. The van der Waals surface area contributed by atoms with Gasteiger partial charge in [-0.25, -0.2) is 13.4 Å². The minimum absolute atomic E-state index is 0.00636. The summed E-state index contributed by atoms with van der Waals surface area (Å²) in [5.41, 5.74) is 1.39. The molecule has 9 heteroatoms. The molecule has 1 aliphatic heterocycles. The number of hydrogen-bond acceptors (Lipinski definition) is 6. The normalized spacial score (nSPS) is 16.2. The van der Waals surface area contributed by atoms with Crippen molar-refractivity contribution in [2.45, 2.75) is 31.7 Å². The van der Waals surface area contributed by atoms with E-state index in [-0.39, 0.29) is 28.3 Å². The Kier molecular flexibility index (Phi) is 6.47. The van der Waals surface area contributed by atoms with Crippen molar-refractivity contribution in [1.82, 2.24) is 0 Å². The summed E-state index contributed by atoms with van der Waals surface area (Å²) in [6.45, 7) is 6.32. The maximum Gasteiger partial charge on any atom is 0.262 e. The fourth-order valence-electron chi connectivity index (χ4n) is 3.14. The van der Waals surface area contributed by atoms with Crippen LogP contribution in [0.4, 0.5) is 5.69 Å². The molecule has 1 heterocycles. The lowest BCUT2D eigenvalue weighted by molar-refractivity contribution is 0.291. The van der Waals surface area contributed by atoms with Crippen LogP contribution in [0.2, 0.25) is 5.02 Å². The number of nitrogens with zero attached hydrogens (tertiary/aromatic N) is 1. The number of rotatable bonds is 7. The molecule has 3 rings (SSSR count). The van der Waals surface area contributed by atoms with Crippen LogP contribution in [-0.2, 0) is 14.8 Å². The van der Waals surface area contributed by atoms with Crippen molar-refractivity contribution in [2.75, 3.05) is 25.5 Å². The molecule has 0 fully saturated rings. The molecule has 0 amide bonds. The van der Waals surface area contributed by atoms with E-state index in [1.165, 1.54) is 20.3 Å². The Balaban J connectivity index is 2.13. The van der Waals surface area contributed by atoms with E-state index in [1.807, 2.05) is 0 Å². The summed E-state index contributed by atoms with van der Waals surface area (Å²) in [4.78, 5) is 4.66. The van der Waals surface area contributed by atoms with E-state index < -0.39 is 10.0 Å². The number of halogens is 1. The van der Waals surface area contributed by atoms with Crippen LogP contribution >= 0.6 is 11.6 Å². The number of aliphatic imine (C=N–C) groups is 1. The highest BCUT2D eigenvalue weighted by Crippen LogP contribution is 2.40. The molecule has 1 atom stereocenters. The van der Waals surface area contributed by atoms with Crippen molar-refractivity contribution < 1.29 is 22.6 Å². The van der Waals surface area contributed by atoms with Crippen LogP contribution in [0.1, 0.15) is 25.0 Å². The highest BCUT2D eigenvalue weighted by atomic mass is 35.5. The fraction of sp³-hybridized carbons (Fsp3) is 0.381. The fourth-order valence-corrected chi connectivity index (χ4v) is 4.70. The maximum atomic E-state index is 13.2. The van der Waals surface area contributed by atoms with Gasteiger partial charge in [0.2, 0.25) is 5.90 Å². The van der Waals surface area contributed by atoms with Crippen LogP contribution in [0.15, 0.2) is 40.2 Å². The molecule has 2 aromatic rings. The Hall–Kier alpha value is -2.45. The van der Waals surface area contributed by atoms with Crippen molar-refractivity contribution in [3.63, 3.8) is 0 Å². The highest BCUT2D eigenvalue weighted by molar-refractivity contribution is 7.92. The van der Waals surface area contributed by atoms with Crippen molar-refractivity contribution >= 4 is 33.2 Å². The van der Waals surface area contributed by atoms with Gasteiger partial charge in [-0.2, -0.15) is 0 Å². The van der Waals surface area contributed by atoms with Gasteiger partial charge in [0.1, 0.15) is 12.3 Å². The van der Waals surface area contributed by atoms with Crippen LogP contribution in [0.3, 0.4) is 0 Å². The minimum atomic E-state index is -3.98. The molecule has 0 radical (unpaired) electrons. The van der Waals surface area contributed by atoms with Crippen LogP contribution in [-0.4, -0.2) is 41.2 Å². The van der Waals surface area contributed by atoms with E-state index in [1.54, 1.807) is 31.2 Å². The van der Waals surface area contributed by atoms with Gasteiger partial charge in [-0.1, -0.05) is 25.4 Å². The summed E-state index contributed by atoms with van der Waals surface area (Å²) in [5.74, 6) is 1.25. The average Bonchev–Trinajstić information content (AvgIpc) is 3.16. The second-order valence-corrected chi connectivity index (χ2v) is 9.47. The second kappa shape index (κ2) is 8.73. The first kappa shape index (κ1) is 22.2. The molecule has 2 aromatic carbocycles. The van der Waals surface area contributed by atoms with Crippen molar-refractivity contribution in [3.05, 3.63) is 46.5 Å². The molecule has 0 aliphatic carbocycles. The summed E-state index contributed by atoms with van der Waals surface area (Å²) in [6.07, 6.45) is 0. The molecule has 0 bridgehead atoms. The Morgan fingerprint density at radius 1 is 1.20 bits per heavy atom. The van der Waals surface area contributed by atoms with E-state index in [4.69, 9.17) is 25.8 Å². The van der Waals surface area contributed by atoms with E-state index in [0.717, 1.165) is 5.56 Å². The Labute approximate surface area is 182 Å². The summed E-state index contributed by atoms with van der Waals surface area (Å²) in [5, 5.41) is 0.330. The molecule has 7 nitrogen and oxygen atoms in total. The van der Waals surface area contributed by atoms with Gasteiger partial charge in [0.15, 0.2) is 11.5 Å². The number of benzene rings is 2. The van der Waals surface area contributed by atoms with Gasteiger partial charge >= 0.3 is 0 Å². The van der Waals surface area contributed by atoms with Gasteiger partial charge in [0, 0.05) is 5.02 Å². The summed E-state index contributed by atoms with van der Waals surface area (Å²) in [6, 6.07) is 7.99. The standard InChI is InChI=1S/C21H25ClN2O5S/c1-12(2)17-11-29-21(23-17)16-6-7-18(27-4)20(28-5)19(16)24-30(25,26)15-9-13(3)8-14(22)10-15/h6-10,12,17,24H,11H2,1-5H3/t17-/m0/s1. The van der Waals surface area contributed by atoms with Crippen LogP contribution in [0.25, 0.3) is 0 Å². The number of aryl methyl sites for hydroxylation is 1. The number of ether oxygens (including phenoxy) is 3. The number of sulfonamides is 1. The van der Waals surface area contributed by atoms with Crippen molar-refractivity contribution in [1.29, 1.82) is 0 Å². The zero-order valence-electron chi connectivity index (χ0n) is 17.5. The molecular formula is C21H25ClN2O5S. The molecule has 30 heavy (non-hydrogen) atoms. The van der Waals surface area contributed by atoms with Gasteiger partial charge in [-0.15, -0.1) is 0 Å². The van der Waals surface area contributed by atoms with E-state index in [9.17, 15) is 8.42 Å². The number of nitrogens with one attached hydrogen (secondary N) is 1.